The molecule has 0 unspecified atom stereocenters. The van der Waals surface area contributed by atoms with Gasteiger partial charge in [-0.3, -0.25) is 0 Å². The second kappa shape index (κ2) is 5.16. The zero-order chi connectivity index (χ0) is 15.0. The molecule has 0 spiro atoms. The maximum Gasteiger partial charge on any atom is 0.335 e. The van der Waals surface area contributed by atoms with E-state index in [0.29, 0.717) is 18.7 Å². The summed E-state index contributed by atoms with van der Waals surface area (Å²) in [6.07, 6.45) is 0.790. The number of aromatic carboxylic acids is 1. The maximum atomic E-state index is 13.7. The van der Waals surface area contributed by atoms with Crippen LogP contribution >= 0.6 is 0 Å². The van der Waals surface area contributed by atoms with E-state index >= 15 is 0 Å². The molecule has 108 valence electrons. The van der Waals surface area contributed by atoms with Crippen molar-refractivity contribution < 1.29 is 18.7 Å². The second-order valence-electron chi connectivity index (χ2n) is 5.06. The van der Waals surface area contributed by atoms with Crippen molar-refractivity contribution in [1.82, 2.24) is 0 Å². The van der Waals surface area contributed by atoms with E-state index in [-0.39, 0.29) is 5.56 Å². The zero-order valence-electron chi connectivity index (χ0n) is 11.1. The van der Waals surface area contributed by atoms with Crippen LogP contribution in [0.2, 0.25) is 0 Å². The van der Waals surface area contributed by atoms with Crippen molar-refractivity contribution >= 4 is 11.7 Å². The van der Waals surface area contributed by atoms with Gasteiger partial charge in [-0.05, 0) is 30.2 Å². The minimum atomic E-state index is -0.988. The lowest BCUT2D eigenvalue weighted by Crippen LogP contribution is -2.20. The molecule has 1 heterocycles. The van der Waals surface area contributed by atoms with Crippen LogP contribution in [0.25, 0.3) is 0 Å². The molecule has 3 rings (SSSR count). The highest BCUT2D eigenvalue weighted by Gasteiger charge is 2.21. The average molecular weight is 289 g/mol. The van der Waals surface area contributed by atoms with Gasteiger partial charge in [-0.25, -0.2) is 13.6 Å². The Balaban J connectivity index is 1.90. The summed E-state index contributed by atoms with van der Waals surface area (Å²) in [5.41, 5.74) is 2.45. The first kappa shape index (κ1) is 13.5. The van der Waals surface area contributed by atoms with Crippen LogP contribution in [0.1, 0.15) is 21.5 Å². The van der Waals surface area contributed by atoms with Crippen LogP contribution in [-0.4, -0.2) is 17.6 Å². The van der Waals surface area contributed by atoms with E-state index in [1.165, 1.54) is 12.1 Å². The van der Waals surface area contributed by atoms with Crippen LogP contribution in [0.3, 0.4) is 0 Å². The molecule has 0 atom stereocenters. The van der Waals surface area contributed by atoms with Crippen LogP contribution in [0, 0.1) is 11.6 Å². The Labute approximate surface area is 120 Å². The minimum absolute atomic E-state index is 0.209. The van der Waals surface area contributed by atoms with E-state index in [2.05, 4.69) is 0 Å². The van der Waals surface area contributed by atoms with Gasteiger partial charge in [0.05, 0.1) is 5.56 Å². The number of hydrogen-bond acceptors (Lipinski definition) is 2. The standard InChI is InChI=1S/C16H13F2NO2/c17-13-4-3-12(14(18)8-13)9-19-6-5-10-1-2-11(16(20)21)7-15(10)19/h1-4,7-8H,5-6,9H2,(H,20,21). The molecule has 1 aliphatic heterocycles. The average Bonchev–Trinajstić information content (AvgIpc) is 2.84. The van der Waals surface area contributed by atoms with E-state index in [0.717, 1.165) is 23.7 Å². The molecule has 0 fully saturated rings. The lowest BCUT2D eigenvalue weighted by Gasteiger charge is -2.20. The molecule has 1 N–H and O–H groups in total. The first-order valence-corrected chi connectivity index (χ1v) is 6.59. The number of hydrogen-bond donors (Lipinski definition) is 1. The van der Waals surface area contributed by atoms with Gasteiger partial charge in [0.15, 0.2) is 0 Å². The number of rotatable bonds is 3. The molecule has 5 heteroatoms. The van der Waals surface area contributed by atoms with Crippen LogP contribution < -0.4 is 4.90 Å². The van der Waals surface area contributed by atoms with E-state index < -0.39 is 17.6 Å². The number of fused-ring (bicyclic) bond motifs is 1. The molecule has 3 nitrogen and oxygen atoms in total. The molecule has 0 bridgehead atoms. The number of carbonyl (C=O) groups is 1. The van der Waals surface area contributed by atoms with Gasteiger partial charge in [0.1, 0.15) is 11.6 Å². The van der Waals surface area contributed by atoms with Crippen LogP contribution in [0.4, 0.5) is 14.5 Å². The number of halogens is 2. The van der Waals surface area contributed by atoms with Gasteiger partial charge in [-0.2, -0.15) is 0 Å². The van der Waals surface area contributed by atoms with Crippen molar-refractivity contribution in [3.63, 3.8) is 0 Å². The van der Waals surface area contributed by atoms with E-state index in [1.807, 2.05) is 4.90 Å². The molecule has 2 aromatic rings. The largest absolute Gasteiger partial charge is 0.478 e. The molecule has 0 aromatic heterocycles. The third kappa shape index (κ3) is 2.59. The second-order valence-corrected chi connectivity index (χ2v) is 5.06. The van der Waals surface area contributed by atoms with Crippen molar-refractivity contribution in [2.24, 2.45) is 0 Å². The van der Waals surface area contributed by atoms with Crippen molar-refractivity contribution in [1.29, 1.82) is 0 Å². The highest BCUT2D eigenvalue weighted by atomic mass is 19.1. The highest BCUT2D eigenvalue weighted by Crippen LogP contribution is 2.30. The van der Waals surface area contributed by atoms with Gasteiger partial charge in [-0.1, -0.05) is 12.1 Å². The quantitative estimate of drug-likeness (QED) is 0.943. The fourth-order valence-corrected chi connectivity index (χ4v) is 2.60. The molecule has 21 heavy (non-hydrogen) atoms. The van der Waals surface area contributed by atoms with Crippen LogP contribution in [-0.2, 0) is 13.0 Å². The van der Waals surface area contributed by atoms with E-state index in [1.54, 1.807) is 18.2 Å². The lowest BCUT2D eigenvalue weighted by atomic mass is 10.1. The van der Waals surface area contributed by atoms with E-state index in [9.17, 15) is 13.6 Å². The summed E-state index contributed by atoms with van der Waals surface area (Å²) in [7, 11) is 0. The summed E-state index contributed by atoms with van der Waals surface area (Å²) in [5.74, 6) is -2.18. The van der Waals surface area contributed by atoms with Gasteiger partial charge < -0.3 is 10.0 Å². The molecule has 0 amide bonds. The summed E-state index contributed by atoms with van der Waals surface area (Å²) < 4.78 is 26.6. The summed E-state index contributed by atoms with van der Waals surface area (Å²) >= 11 is 0. The van der Waals surface area contributed by atoms with Gasteiger partial charge in [-0.15, -0.1) is 0 Å². The Morgan fingerprint density at radius 3 is 2.71 bits per heavy atom. The number of nitrogens with zero attached hydrogens (tertiary/aromatic N) is 1. The molecule has 0 saturated carbocycles. The smallest absolute Gasteiger partial charge is 0.335 e. The third-order valence-electron chi connectivity index (χ3n) is 3.70. The normalized spacial score (nSPS) is 13.3. The number of carboxylic acids is 1. The van der Waals surface area contributed by atoms with Gasteiger partial charge >= 0.3 is 5.97 Å². The van der Waals surface area contributed by atoms with Crippen molar-refractivity contribution in [2.45, 2.75) is 13.0 Å². The Morgan fingerprint density at radius 2 is 2.00 bits per heavy atom. The molecule has 0 radical (unpaired) electrons. The lowest BCUT2D eigenvalue weighted by molar-refractivity contribution is 0.0697. The van der Waals surface area contributed by atoms with Crippen molar-refractivity contribution in [3.05, 3.63) is 64.7 Å². The highest BCUT2D eigenvalue weighted by molar-refractivity contribution is 5.89. The van der Waals surface area contributed by atoms with Crippen LogP contribution in [0.5, 0.6) is 0 Å². The van der Waals surface area contributed by atoms with E-state index in [4.69, 9.17) is 5.11 Å². The molecular weight excluding hydrogens is 276 g/mol. The minimum Gasteiger partial charge on any atom is -0.478 e. The first-order valence-electron chi connectivity index (χ1n) is 6.59. The van der Waals surface area contributed by atoms with Gasteiger partial charge in [0, 0.05) is 30.4 Å². The van der Waals surface area contributed by atoms with Crippen molar-refractivity contribution in [2.75, 3.05) is 11.4 Å². The van der Waals surface area contributed by atoms with Crippen LogP contribution in [0.15, 0.2) is 36.4 Å². The molecule has 2 aromatic carbocycles. The Kier molecular flexibility index (Phi) is 3.33. The number of carboxylic acid groups (broad SMARTS) is 1. The van der Waals surface area contributed by atoms with Gasteiger partial charge in [0.2, 0.25) is 0 Å². The number of benzene rings is 2. The molecular formula is C16H13F2NO2. The topological polar surface area (TPSA) is 40.5 Å². The predicted octanol–water partition coefficient (Wildman–Crippen LogP) is 3.23. The fourth-order valence-electron chi connectivity index (χ4n) is 2.60. The Morgan fingerprint density at radius 1 is 1.19 bits per heavy atom. The summed E-state index contributed by atoms with van der Waals surface area (Å²) in [4.78, 5) is 13.0. The first-order chi connectivity index (χ1) is 10.0. The fraction of sp³-hybridized carbons (Fsp3) is 0.188. The maximum absolute atomic E-state index is 13.7. The molecule has 0 saturated heterocycles. The summed E-state index contributed by atoms with van der Waals surface area (Å²) in [5, 5.41) is 9.05. The Hall–Kier alpha value is -2.43. The van der Waals surface area contributed by atoms with Gasteiger partial charge in [0.25, 0.3) is 0 Å². The predicted molar refractivity (Wildman–Crippen MR) is 74.5 cm³/mol. The number of anilines is 1. The summed E-state index contributed by atoms with van der Waals surface area (Å²) in [6.45, 7) is 0.984. The zero-order valence-corrected chi connectivity index (χ0v) is 11.1. The third-order valence-corrected chi connectivity index (χ3v) is 3.70. The Bertz CT molecular complexity index is 715. The monoisotopic (exact) mass is 289 g/mol. The van der Waals surface area contributed by atoms with Crippen molar-refractivity contribution in [3.8, 4) is 0 Å². The molecule has 1 aliphatic rings. The SMILES string of the molecule is O=C(O)c1ccc2c(c1)N(Cc1ccc(F)cc1F)CC2. The molecule has 0 aliphatic carbocycles. The summed E-state index contributed by atoms with van der Waals surface area (Å²) in [6, 6.07) is 8.47.